The minimum atomic E-state index is -3.30. The van der Waals surface area contributed by atoms with Crippen molar-refractivity contribution < 1.29 is 23.1 Å². The number of carbonyl (C=O) groups excluding carboxylic acids is 1. The highest BCUT2D eigenvalue weighted by molar-refractivity contribution is 7.92. The predicted molar refractivity (Wildman–Crippen MR) is 81.2 cm³/mol. The normalized spacial score (nSPS) is 24.8. The molecule has 8 heteroatoms. The van der Waals surface area contributed by atoms with Gasteiger partial charge in [-0.1, -0.05) is 6.92 Å². The summed E-state index contributed by atoms with van der Waals surface area (Å²) in [5.74, 6) is -1.19. The fraction of sp³-hybridized carbons (Fsp3) is 0.857. The number of carboxylic acids is 1. The zero-order valence-electron chi connectivity index (χ0n) is 12.8. The molecule has 2 fully saturated rings. The summed E-state index contributed by atoms with van der Waals surface area (Å²) in [5.41, 5.74) is 0. The first kappa shape index (κ1) is 17.2. The summed E-state index contributed by atoms with van der Waals surface area (Å²) in [6, 6.07) is 0.129. The van der Waals surface area contributed by atoms with Crippen molar-refractivity contribution in [2.75, 3.05) is 24.6 Å². The average molecular weight is 332 g/mol. The molecule has 2 rings (SSSR count). The van der Waals surface area contributed by atoms with Gasteiger partial charge in [0.15, 0.2) is 9.84 Å². The first-order valence-corrected chi connectivity index (χ1v) is 9.57. The lowest BCUT2D eigenvalue weighted by atomic mass is 9.85. The number of amides is 1. The van der Waals surface area contributed by atoms with E-state index < -0.39 is 27.5 Å². The molecule has 0 aromatic rings. The Morgan fingerprint density at radius 2 is 1.91 bits per heavy atom. The molecule has 2 aliphatic carbocycles. The molecule has 7 nitrogen and oxygen atoms in total. The van der Waals surface area contributed by atoms with Crippen molar-refractivity contribution >= 4 is 21.7 Å². The fourth-order valence-electron chi connectivity index (χ4n) is 2.72. The van der Waals surface area contributed by atoms with E-state index in [0.717, 1.165) is 19.4 Å². The van der Waals surface area contributed by atoms with Crippen LogP contribution in [0.1, 0.15) is 32.6 Å². The molecule has 0 saturated heterocycles. The number of nitrogens with zero attached hydrogens (tertiary/aromatic N) is 1. The van der Waals surface area contributed by atoms with Gasteiger partial charge in [-0.15, -0.1) is 0 Å². The van der Waals surface area contributed by atoms with Crippen LogP contribution in [0.3, 0.4) is 0 Å². The summed E-state index contributed by atoms with van der Waals surface area (Å²) in [6.45, 7) is 2.36. The summed E-state index contributed by atoms with van der Waals surface area (Å²) in [6.07, 6.45) is 3.71. The minimum Gasteiger partial charge on any atom is -0.480 e. The van der Waals surface area contributed by atoms with E-state index in [9.17, 15) is 18.0 Å². The molecule has 0 atom stereocenters. The average Bonchev–Trinajstić information content (AvgIpc) is 3.15. The number of nitrogens with one attached hydrogen (secondary N) is 1. The summed E-state index contributed by atoms with van der Waals surface area (Å²) >= 11 is 0. The molecule has 0 heterocycles. The molecule has 22 heavy (non-hydrogen) atoms. The van der Waals surface area contributed by atoms with Crippen molar-refractivity contribution in [3.8, 4) is 0 Å². The van der Waals surface area contributed by atoms with Gasteiger partial charge < -0.3 is 10.4 Å². The zero-order chi connectivity index (χ0) is 16.3. The number of hydrogen-bond acceptors (Lipinski definition) is 5. The quantitative estimate of drug-likeness (QED) is 0.609. The van der Waals surface area contributed by atoms with E-state index in [0.29, 0.717) is 18.8 Å². The number of carboxylic acid groups (broad SMARTS) is 1. The minimum absolute atomic E-state index is 0.0338. The van der Waals surface area contributed by atoms with Gasteiger partial charge in [0.2, 0.25) is 5.91 Å². The highest BCUT2D eigenvalue weighted by atomic mass is 32.2. The van der Waals surface area contributed by atoms with Crippen LogP contribution in [0.25, 0.3) is 0 Å². The molecule has 2 saturated carbocycles. The first-order valence-electron chi connectivity index (χ1n) is 7.74. The Morgan fingerprint density at radius 3 is 2.41 bits per heavy atom. The second-order valence-corrected chi connectivity index (χ2v) is 8.69. The maximum atomic E-state index is 11.7. The van der Waals surface area contributed by atoms with Crippen LogP contribution in [0, 0.1) is 5.92 Å². The van der Waals surface area contributed by atoms with E-state index in [1.54, 1.807) is 0 Å². The number of carbonyl (C=O) groups is 2. The Balaban J connectivity index is 1.75. The number of aliphatic carboxylic acids is 1. The number of hydrogen-bond donors (Lipinski definition) is 2. The lowest BCUT2D eigenvalue weighted by molar-refractivity contribution is -0.140. The van der Waals surface area contributed by atoms with Crippen LogP contribution < -0.4 is 5.32 Å². The van der Waals surface area contributed by atoms with Gasteiger partial charge in [0, 0.05) is 24.4 Å². The van der Waals surface area contributed by atoms with Gasteiger partial charge in [0.05, 0.1) is 6.54 Å². The lowest BCUT2D eigenvalue weighted by Gasteiger charge is -2.42. The second-order valence-electron chi connectivity index (χ2n) is 6.33. The molecule has 0 unspecified atom stereocenters. The molecule has 0 spiro atoms. The monoisotopic (exact) mass is 332 g/mol. The predicted octanol–water partition coefficient (Wildman–Crippen LogP) is -0.135. The molecule has 0 aromatic heterocycles. The fourth-order valence-corrected chi connectivity index (χ4v) is 3.41. The molecule has 0 aliphatic heterocycles. The van der Waals surface area contributed by atoms with E-state index in [1.807, 2.05) is 4.90 Å². The van der Waals surface area contributed by atoms with Crippen molar-refractivity contribution in [3.05, 3.63) is 0 Å². The van der Waals surface area contributed by atoms with Gasteiger partial charge in [0.1, 0.15) is 5.75 Å². The van der Waals surface area contributed by atoms with Gasteiger partial charge in [-0.3, -0.25) is 14.5 Å². The highest BCUT2D eigenvalue weighted by Gasteiger charge is 2.37. The third-order valence-electron chi connectivity index (χ3n) is 4.31. The van der Waals surface area contributed by atoms with Crippen LogP contribution in [0.5, 0.6) is 0 Å². The summed E-state index contributed by atoms with van der Waals surface area (Å²) in [4.78, 5) is 24.6. The maximum absolute atomic E-state index is 11.7. The smallest absolute Gasteiger partial charge is 0.317 e. The van der Waals surface area contributed by atoms with Gasteiger partial charge in [0.25, 0.3) is 0 Å². The van der Waals surface area contributed by atoms with Crippen LogP contribution in [0.15, 0.2) is 0 Å². The Hall–Kier alpha value is -1.15. The van der Waals surface area contributed by atoms with Gasteiger partial charge in [-0.05, 0) is 31.6 Å². The third-order valence-corrected chi connectivity index (χ3v) is 5.90. The zero-order valence-corrected chi connectivity index (χ0v) is 13.6. The van der Waals surface area contributed by atoms with Crippen molar-refractivity contribution in [3.63, 3.8) is 0 Å². The molecular weight excluding hydrogens is 308 g/mol. The molecule has 0 radical (unpaired) electrons. The van der Waals surface area contributed by atoms with Crippen molar-refractivity contribution in [2.24, 2.45) is 5.92 Å². The molecule has 2 aliphatic rings. The summed E-state index contributed by atoms with van der Waals surface area (Å²) < 4.78 is 22.8. The van der Waals surface area contributed by atoms with E-state index in [2.05, 4.69) is 5.32 Å². The third kappa shape index (κ3) is 5.24. The van der Waals surface area contributed by atoms with Gasteiger partial charge >= 0.3 is 5.97 Å². The van der Waals surface area contributed by atoms with Gasteiger partial charge in [-0.25, -0.2) is 8.42 Å². The van der Waals surface area contributed by atoms with Crippen molar-refractivity contribution in [1.82, 2.24) is 10.2 Å². The maximum Gasteiger partial charge on any atom is 0.317 e. The molecule has 2 N–H and O–H groups in total. The Labute approximate surface area is 131 Å². The van der Waals surface area contributed by atoms with E-state index >= 15 is 0 Å². The van der Waals surface area contributed by atoms with Crippen molar-refractivity contribution in [1.29, 1.82) is 0 Å². The van der Waals surface area contributed by atoms with Gasteiger partial charge in [-0.2, -0.15) is 0 Å². The molecule has 0 aromatic carbocycles. The molecule has 1 amide bonds. The Kier molecular flexibility index (Phi) is 5.44. The van der Waals surface area contributed by atoms with E-state index in [4.69, 9.17) is 5.11 Å². The topological polar surface area (TPSA) is 104 Å². The van der Waals surface area contributed by atoms with Crippen LogP contribution in [0.2, 0.25) is 0 Å². The standard InChI is InChI=1S/C14H24N2O5S/c1-2-22(20,21)9-13(17)15-11-5-12(6-11)16(8-14(18)19)7-10-3-4-10/h10-12H,2-9H2,1H3,(H,15,17)(H,18,19). The SMILES string of the molecule is CCS(=O)(=O)CC(=O)NC1CC(N(CC(=O)O)CC2CC2)C1. The molecular formula is C14H24N2O5S. The van der Waals surface area contributed by atoms with Crippen LogP contribution >= 0.6 is 0 Å². The second kappa shape index (κ2) is 6.95. The van der Waals surface area contributed by atoms with Crippen LogP contribution in [-0.2, 0) is 19.4 Å². The molecule has 126 valence electrons. The van der Waals surface area contributed by atoms with Crippen LogP contribution in [-0.4, -0.2) is 67.0 Å². The summed E-state index contributed by atoms with van der Waals surface area (Å²) in [7, 11) is -3.30. The lowest BCUT2D eigenvalue weighted by Crippen LogP contribution is -2.56. The number of sulfone groups is 1. The summed E-state index contributed by atoms with van der Waals surface area (Å²) in [5, 5.41) is 11.7. The molecule has 0 bridgehead atoms. The van der Waals surface area contributed by atoms with E-state index in [1.165, 1.54) is 6.92 Å². The number of rotatable bonds is 9. The van der Waals surface area contributed by atoms with Crippen molar-refractivity contribution in [2.45, 2.75) is 44.7 Å². The Bertz CT molecular complexity index is 523. The highest BCUT2D eigenvalue weighted by Crippen LogP contribution is 2.33. The van der Waals surface area contributed by atoms with E-state index in [-0.39, 0.29) is 24.4 Å². The Morgan fingerprint density at radius 1 is 1.27 bits per heavy atom. The first-order chi connectivity index (χ1) is 10.3. The van der Waals surface area contributed by atoms with Crippen LogP contribution in [0.4, 0.5) is 0 Å². The largest absolute Gasteiger partial charge is 0.480 e.